The van der Waals surface area contributed by atoms with E-state index >= 15 is 0 Å². The van der Waals surface area contributed by atoms with Crippen molar-refractivity contribution in [3.63, 3.8) is 0 Å². The van der Waals surface area contributed by atoms with E-state index in [1.807, 2.05) is 7.05 Å². The van der Waals surface area contributed by atoms with Gasteiger partial charge in [-0.05, 0) is 50.2 Å². The minimum absolute atomic E-state index is 0.0697. The Bertz CT molecular complexity index is 1170. The highest BCUT2D eigenvalue weighted by Crippen LogP contribution is 2.30. The Morgan fingerprint density at radius 2 is 2.12 bits per heavy atom. The SMILES string of the molecule is CN1CCC(NC(=O)Nc2ccc(C(F)(F)F)nc2)CC1c1nc2ccc(C#N)cc2[nH]1. The van der Waals surface area contributed by atoms with Crippen LogP contribution in [0.5, 0.6) is 0 Å². The molecule has 0 aliphatic carbocycles. The lowest BCUT2D eigenvalue weighted by atomic mass is 9.97. The summed E-state index contributed by atoms with van der Waals surface area (Å²) in [7, 11) is 1.97. The van der Waals surface area contributed by atoms with Gasteiger partial charge < -0.3 is 15.6 Å². The molecule has 2 atom stereocenters. The molecule has 0 radical (unpaired) electrons. The highest BCUT2D eigenvalue weighted by Gasteiger charge is 2.32. The van der Waals surface area contributed by atoms with Gasteiger partial charge in [0, 0.05) is 12.6 Å². The van der Waals surface area contributed by atoms with Crippen LogP contribution in [0, 0.1) is 11.3 Å². The number of hydrogen-bond donors (Lipinski definition) is 3. The number of benzene rings is 1. The molecule has 1 aliphatic heterocycles. The number of H-pyrrole nitrogens is 1. The Kier molecular flexibility index (Phi) is 5.71. The first-order valence-electron chi connectivity index (χ1n) is 9.93. The highest BCUT2D eigenvalue weighted by atomic mass is 19.4. The minimum Gasteiger partial charge on any atom is -0.341 e. The number of imidazole rings is 1. The molecule has 3 N–H and O–H groups in total. The molecule has 11 heteroatoms. The van der Waals surface area contributed by atoms with Crippen molar-refractivity contribution in [2.24, 2.45) is 0 Å². The van der Waals surface area contributed by atoms with Crippen LogP contribution in [0.1, 0.15) is 36.0 Å². The van der Waals surface area contributed by atoms with Crippen molar-refractivity contribution in [3.05, 3.63) is 53.6 Å². The van der Waals surface area contributed by atoms with E-state index in [2.05, 4.69) is 36.6 Å². The molecule has 2 unspecified atom stereocenters. The van der Waals surface area contributed by atoms with Crippen LogP contribution in [0.25, 0.3) is 11.0 Å². The first-order chi connectivity index (χ1) is 15.2. The number of nitrogens with zero attached hydrogens (tertiary/aromatic N) is 4. The fourth-order valence-electron chi connectivity index (χ4n) is 3.78. The Hall–Kier alpha value is -3.65. The van der Waals surface area contributed by atoms with E-state index < -0.39 is 17.9 Å². The number of amides is 2. The summed E-state index contributed by atoms with van der Waals surface area (Å²) in [6, 6.07) is 8.60. The van der Waals surface area contributed by atoms with Crippen molar-refractivity contribution < 1.29 is 18.0 Å². The maximum absolute atomic E-state index is 12.6. The maximum Gasteiger partial charge on any atom is 0.433 e. The number of fused-ring (bicyclic) bond motifs is 1. The zero-order chi connectivity index (χ0) is 22.9. The van der Waals surface area contributed by atoms with Gasteiger partial charge in [-0.25, -0.2) is 14.8 Å². The summed E-state index contributed by atoms with van der Waals surface area (Å²) in [5.41, 5.74) is 1.23. The molecule has 3 heterocycles. The molecule has 0 bridgehead atoms. The number of aromatic nitrogens is 3. The summed E-state index contributed by atoms with van der Waals surface area (Å²) >= 11 is 0. The fourth-order valence-corrected chi connectivity index (χ4v) is 3.78. The van der Waals surface area contributed by atoms with Gasteiger partial charge in [-0.3, -0.25) is 4.90 Å². The number of urea groups is 1. The lowest BCUT2D eigenvalue weighted by Crippen LogP contribution is -2.46. The van der Waals surface area contributed by atoms with Crippen LogP contribution in [-0.4, -0.2) is 45.5 Å². The Labute approximate surface area is 181 Å². The van der Waals surface area contributed by atoms with Gasteiger partial charge in [-0.15, -0.1) is 0 Å². The van der Waals surface area contributed by atoms with Gasteiger partial charge in [0.15, 0.2) is 0 Å². The number of carbonyl (C=O) groups is 1. The number of anilines is 1. The number of alkyl halides is 3. The molecule has 4 rings (SSSR count). The summed E-state index contributed by atoms with van der Waals surface area (Å²) in [4.78, 5) is 25.7. The molecule has 32 heavy (non-hydrogen) atoms. The largest absolute Gasteiger partial charge is 0.433 e. The van der Waals surface area contributed by atoms with Gasteiger partial charge in [0.1, 0.15) is 11.5 Å². The van der Waals surface area contributed by atoms with E-state index in [1.54, 1.807) is 18.2 Å². The predicted octanol–water partition coefficient (Wildman–Crippen LogP) is 3.81. The minimum atomic E-state index is -4.53. The molecular formula is C21H20F3N7O. The molecule has 2 aromatic heterocycles. The number of piperidine rings is 1. The number of nitrogens with one attached hydrogen (secondary N) is 3. The van der Waals surface area contributed by atoms with Crippen LogP contribution in [0.3, 0.4) is 0 Å². The lowest BCUT2D eigenvalue weighted by molar-refractivity contribution is -0.141. The predicted molar refractivity (Wildman–Crippen MR) is 111 cm³/mol. The van der Waals surface area contributed by atoms with Crippen molar-refractivity contribution >= 4 is 22.8 Å². The highest BCUT2D eigenvalue weighted by molar-refractivity contribution is 5.89. The number of aromatic amines is 1. The Balaban J connectivity index is 1.41. The van der Waals surface area contributed by atoms with Gasteiger partial charge in [-0.2, -0.15) is 18.4 Å². The molecule has 1 saturated heterocycles. The van der Waals surface area contributed by atoms with Gasteiger partial charge in [0.25, 0.3) is 0 Å². The summed E-state index contributed by atoms with van der Waals surface area (Å²) in [5, 5.41) is 14.5. The molecule has 3 aromatic rings. The van der Waals surface area contributed by atoms with E-state index in [0.717, 1.165) is 41.7 Å². The molecule has 1 aliphatic rings. The smallest absolute Gasteiger partial charge is 0.341 e. The summed E-state index contributed by atoms with van der Waals surface area (Å²) < 4.78 is 37.9. The fraction of sp³-hybridized carbons (Fsp3) is 0.333. The third-order valence-corrected chi connectivity index (χ3v) is 5.46. The molecule has 0 spiro atoms. The van der Waals surface area contributed by atoms with Gasteiger partial charge in [0.2, 0.25) is 0 Å². The average molecular weight is 443 g/mol. The molecule has 8 nitrogen and oxygen atoms in total. The molecule has 0 saturated carbocycles. The first-order valence-corrected chi connectivity index (χ1v) is 9.93. The summed E-state index contributed by atoms with van der Waals surface area (Å²) in [6.45, 7) is 0.720. The Morgan fingerprint density at radius 1 is 1.31 bits per heavy atom. The second-order valence-corrected chi connectivity index (χ2v) is 7.71. The molecular weight excluding hydrogens is 423 g/mol. The van der Waals surface area contributed by atoms with Crippen molar-refractivity contribution in [2.45, 2.75) is 31.1 Å². The zero-order valence-corrected chi connectivity index (χ0v) is 17.1. The van der Waals surface area contributed by atoms with E-state index in [1.165, 1.54) is 0 Å². The van der Waals surface area contributed by atoms with Crippen molar-refractivity contribution in [1.82, 2.24) is 25.2 Å². The van der Waals surface area contributed by atoms with Crippen LogP contribution in [-0.2, 0) is 6.18 Å². The van der Waals surface area contributed by atoms with Crippen LogP contribution in [0.15, 0.2) is 36.5 Å². The van der Waals surface area contributed by atoms with E-state index in [-0.39, 0.29) is 17.8 Å². The molecule has 166 valence electrons. The average Bonchev–Trinajstić information content (AvgIpc) is 3.17. The zero-order valence-electron chi connectivity index (χ0n) is 17.1. The number of pyridine rings is 1. The number of hydrogen-bond acceptors (Lipinski definition) is 5. The van der Waals surface area contributed by atoms with Crippen molar-refractivity contribution in [3.8, 4) is 6.07 Å². The normalized spacial score (nSPS) is 19.5. The number of nitriles is 1. The number of rotatable bonds is 3. The monoisotopic (exact) mass is 443 g/mol. The molecule has 1 aromatic carbocycles. The summed E-state index contributed by atoms with van der Waals surface area (Å²) in [5.74, 6) is 0.747. The van der Waals surface area contributed by atoms with Crippen molar-refractivity contribution in [1.29, 1.82) is 5.26 Å². The van der Waals surface area contributed by atoms with E-state index in [0.29, 0.717) is 18.4 Å². The van der Waals surface area contributed by atoms with Gasteiger partial charge >= 0.3 is 12.2 Å². The Morgan fingerprint density at radius 3 is 2.81 bits per heavy atom. The maximum atomic E-state index is 12.6. The topological polar surface area (TPSA) is 110 Å². The standard InChI is InChI=1S/C21H20F3N7O/c1-31-7-6-13(27-20(32)28-14-3-5-18(26-11-14)21(22,23)24)9-17(31)19-29-15-4-2-12(10-25)8-16(15)30-19/h2-5,8,11,13,17H,6-7,9H2,1H3,(H,29,30)(H2,27,28,32). The third-order valence-electron chi connectivity index (χ3n) is 5.46. The quantitative estimate of drug-likeness (QED) is 0.570. The van der Waals surface area contributed by atoms with Gasteiger partial charge in [-0.1, -0.05) is 0 Å². The second-order valence-electron chi connectivity index (χ2n) is 7.71. The lowest BCUT2D eigenvalue weighted by Gasteiger charge is -2.36. The number of carbonyl (C=O) groups excluding carboxylic acids is 1. The molecule has 2 amide bonds. The number of halogens is 3. The van der Waals surface area contributed by atoms with E-state index in [9.17, 15) is 18.0 Å². The third kappa shape index (κ3) is 4.65. The van der Waals surface area contributed by atoms with Gasteiger partial charge in [0.05, 0.1) is 40.6 Å². The van der Waals surface area contributed by atoms with Crippen LogP contribution in [0.2, 0.25) is 0 Å². The van der Waals surface area contributed by atoms with E-state index in [4.69, 9.17) is 5.26 Å². The van der Waals surface area contributed by atoms with Crippen LogP contribution in [0.4, 0.5) is 23.7 Å². The molecule has 1 fully saturated rings. The van der Waals surface area contributed by atoms with Crippen LogP contribution >= 0.6 is 0 Å². The van der Waals surface area contributed by atoms with Crippen LogP contribution < -0.4 is 10.6 Å². The summed E-state index contributed by atoms with van der Waals surface area (Å²) in [6.07, 6.45) is -2.24. The second kappa shape index (κ2) is 8.47. The first kappa shape index (κ1) is 21.6. The number of likely N-dealkylation sites (tertiary alicyclic amines) is 1. The van der Waals surface area contributed by atoms with Crippen molar-refractivity contribution in [2.75, 3.05) is 18.9 Å².